The molecule has 1 unspecified atom stereocenters. The van der Waals surface area contributed by atoms with E-state index in [2.05, 4.69) is 5.32 Å². The molecule has 0 saturated carbocycles. The predicted molar refractivity (Wildman–Crippen MR) is 62.9 cm³/mol. The van der Waals surface area contributed by atoms with E-state index in [0.29, 0.717) is 16.3 Å². The number of benzene rings is 1. The smallest absolute Gasteiger partial charge is 0.321 e. The highest BCUT2D eigenvalue weighted by Gasteiger charge is 2.31. The number of phenols is 1. The van der Waals surface area contributed by atoms with Gasteiger partial charge in [0, 0.05) is 16.3 Å². The number of carboxylic acid groups (broad SMARTS) is 1. The number of hydrogen-bond donors (Lipinski definition) is 3. The van der Waals surface area contributed by atoms with Crippen molar-refractivity contribution in [1.29, 1.82) is 0 Å². The lowest BCUT2D eigenvalue weighted by Crippen LogP contribution is -2.33. The molecule has 4 nitrogen and oxygen atoms in total. The Morgan fingerprint density at radius 3 is 2.94 bits per heavy atom. The van der Waals surface area contributed by atoms with Gasteiger partial charge in [-0.1, -0.05) is 11.6 Å². The van der Waals surface area contributed by atoms with Gasteiger partial charge in [-0.15, -0.1) is 11.8 Å². The van der Waals surface area contributed by atoms with Gasteiger partial charge in [0.05, 0.1) is 5.37 Å². The highest BCUT2D eigenvalue weighted by atomic mass is 35.5. The molecule has 3 N–H and O–H groups in total. The van der Waals surface area contributed by atoms with Crippen LogP contribution in [0.4, 0.5) is 0 Å². The van der Waals surface area contributed by atoms with Crippen molar-refractivity contribution in [2.24, 2.45) is 0 Å². The summed E-state index contributed by atoms with van der Waals surface area (Å²) in [7, 11) is 0. The van der Waals surface area contributed by atoms with Crippen LogP contribution in [0.1, 0.15) is 10.9 Å². The lowest BCUT2D eigenvalue weighted by Gasteiger charge is -2.13. The van der Waals surface area contributed by atoms with Crippen molar-refractivity contribution < 1.29 is 15.0 Å². The van der Waals surface area contributed by atoms with E-state index in [0.717, 1.165) is 0 Å². The van der Waals surface area contributed by atoms with E-state index in [-0.39, 0.29) is 11.1 Å². The van der Waals surface area contributed by atoms with Crippen molar-refractivity contribution in [3.05, 3.63) is 28.8 Å². The van der Waals surface area contributed by atoms with Crippen molar-refractivity contribution in [3.8, 4) is 5.75 Å². The van der Waals surface area contributed by atoms with E-state index < -0.39 is 12.0 Å². The fourth-order valence-electron chi connectivity index (χ4n) is 1.53. The van der Waals surface area contributed by atoms with Crippen LogP contribution < -0.4 is 5.32 Å². The van der Waals surface area contributed by atoms with E-state index in [1.54, 1.807) is 12.1 Å². The Labute approximate surface area is 102 Å². The summed E-state index contributed by atoms with van der Waals surface area (Å²) in [5.74, 6) is -0.275. The maximum atomic E-state index is 10.8. The topological polar surface area (TPSA) is 69.6 Å². The summed E-state index contributed by atoms with van der Waals surface area (Å²) in [5.41, 5.74) is 0.626. The lowest BCUT2D eigenvalue weighted by atomic mass is 10.2. The molecule has 1 saturated heterocycles. The van der Waals surface area contributed by atoms with E-state index in [1.165, 1.54) is 17.8 Å². The molecule has 6 heteroatoms. The number of halogens is 1. The van der Waals surface area contributed by atoms with Crippen LogP contribution in [0.5, 0.6) is 5.75 Å². The van der Waals surface area contributed by atoms with Gasteiger partial charge in [0.2, 0.25) is 0 Å². The molecule has 0 radical (unpaired) electrons. The second kappa shape index (κ2) is 4.53. The number of nitrogens with one attached hydrogen (secondary N) is 1. The van der Waals surface area contributed by atoms with Gasteiger partial charge in [0.1, 0.15) is 11.8 Å². The van der Waals surface area contributed by atoms with Gasteiger partial charge in [-0.2, -0.15) is 0 Å². The van der Waals surface area contributed by atoms with E-state index in [9.17, 15) is 9.90 Å². The molecular formula is C10H10ClNO3S. The Bertz CT molecular complexity index is 427. The highest BCUT2D eigenvalue weighted by Crippen LogP contribution is 2.38. The van der Waals surface area contributed by atoms with Crippen LogP contribution in [0, 0.1) is 0 Å². The van der Waals surface area contributed by atoms with Crippen molar-refractivity contribution in [3.63, 3.8) is 0 Å². The molecule has 2 rings (SSSR count). The molecule has 1 aromatic rings. The third-order valence-corrected chi connectivity index (χ3v) is 3.84. The monoisotopic (exact) mass is 259 g/mol. The standard InChI is InChI=1S/C10H10ClNO3S/c11-5-1-2-8(13)6(3-5)9-12-7(4-16-9)10(14)15/h1-3,7,9,12-13H,4H2,(H,14,15)/t7-,9?/m0/s1. The van der Waals surface area contributed by atoms with Crippen LogP contribution in [-0.2, 0) is 4.79 Å². The number of aliphatic carboxylic acids is 1. The molecule has 1 heterocycles. The van der Waals surface area contributed by atoms with Gasteiger partial charge >= 0.3 is 5.97 Å². The second-order valence-electron chi connectivity index (χ2n) is 3.47. The summed E-state index contributed by atoms with van der Waals surface area (Å²) < 4.78 is 0. The Morgan fingerprint density at radius 2 is 2.31 bits per heavy atom. The number of phenolic OH excluding ortho intramolecular Hbond substituents is 1. The molecule has 1 fully saturated rings. The molecule has 0 aliphatic carbocycles. The van der Waals surface area contributed by atoms with Crippen molar-refractivity contribution >= 4 is 29.3 Å². The highest BCUT2D eigenvalue weighted by molar-refractivity contribution is 7.99. The first-order valence-electron chi connectivity index (χ1n) is 4.67. The molecule has 1 aliphatic rings. The zero-order valence-electron chi connectivity index (χ0n) is 8.18. The van der Waals surface area contributed by atoms with Gasteiger partial charge in [-0.05, 0) is 18.2 Å². The maximum Gasteiger partial charge on any atom is 0.321 e. The van der Waals surface area contributed by atoms with Crippen LogP contribution in [0.3, 0.4) is 0 Å². The van der Waals surface area contributed by atoms with E-state index in [4.69, 9.17) is 16.7 Å². The average Bonchev–Trinajstić information content (AvgIpc) is 2.70. The van der Waals surface area contributed by atoms with Crippen LogP contribution in [0.2, 0.25) is 5.02 Å². The fraction of sp³-hybridized carbons (Fsp3) is 0.300. The molecule has 0 aromatic heterocycles. The maximum absolute atomic E-state index is 10.8. The lowest BCUT2D eigenvalue weighted by molar-refractivity contribution is -0.138. The molecule has 1 aromatic carbocycles. The van der Waals surface area contributed by atoms with E-state index >= 15 is 0 Å². The molecule has 16 heavy (non-hydrogen) atoms. The molecule has 86 valence electrons. The van der Waals surface area contributed by atoms with E-state index in [1.807, 2.05) is 0 Å². The number of thioether (sulfide) groups is 1. The first-order chi connectivity index (χ1) is 7.58. The van der Waals surface area contributed by atoms with Gasteiger partial charge < -0.3 is 10.2 Å². The predicted octanol–water partition coefficient (Wildman–Crippen LogP) is 1.83. The summed E-state index contributed by atoms with van der Waals surface area (Å²) in [4.78, 5) is 10.8. The Kier molecular flexibility index (Phi) is 3.28. The van der Waals surface area contributed by atoms with Crippen LogP contribution >= 0.6 is 23.4 Å². The average molecular weight is 260 g/mol. The van der Waals surface area contributed by atoms with Crippen molar-refractivity contribution in [2.75, 3.05) is 5.75 Å². The van der Waals surface area contributed by atoms with Crippen LogP contribution in [-0.4, -0.2) is 28.0 Å². The molecule has 2 atom stereocenters. The summed E-state index contributed by atoms with van der Waals surface area (Å²) >= 11 is 7.27. The second-order valence-corrected chi connectivity index (χ2v) is 5.05. The first kappa shape index (κ1) is 11.6. The zero-order chi connectivity index (χ0) is 11.7. The van der Waals surface area contributed by atoms with Crippen molar-refractivity contribution in [2.45, 2.75) is 11.4 Å². The summed E-state index contributed by atoms with van der Waals surface area (Å²) in [6, 6.07) is 4.17. The van der Waals surface area contributed by atoms with Gasteiger partial charge in [0.25, 0.3) is 0 Å². The van der Waals surface area contributed by atoms with Crippen molar-refractivity contribution in [1.82, 2.24) is 5.32 Å². The quantitative estimate of drug-likeness (QED) is 0.756. The third kappa shape index (κ3) is 2.26. The normalized spacial score (nSPS) is 24.6. The van der Waals surface area contributed by atoms with Gasteiger partial charge in [-0.3, -0.25) is 10.1 Å². The van der Waals surface area contributed by atoms with Crippen LogP contribution in [0.15, 0.2) is 18.2 Å². The molecular weight excluding hydrogens is 250 g/mol. The number of carbonyl (C=O) groups is 1. The third-order valence-electron chi connectivity index (χ3n) is 2.35. The minimum Gasteiger partial charge on any atom is -0.508 e. The SMILES string of the molecule is O=C(O)[C@@H]1CSC(c2cc(Cl)ccc2O)N1. The minimum atomic E-state index is -0.878. The Hall–Kier alpha value is -0.910. The molecule has 0 amide bonds. The zero-order valence-corrected chi connectivity index (χ0v) is 9.76. The number of aromatic hydroxyl groups is 1. The summed E-state index contributed by atoms with van der Waals surface area (Å²) in [6.45, 7) is 0. The minimum absolute atomic E-state index is 0.125. The molecule has 0 bridgehead atoms. The summed E-state index contributed by atoms with van der Waals surface area (Å²) in [5, 5.41) is 21.7. The number of hydrogen-bond acceptors (Lipinski definition) is 4. The number of rotatable bonds is 2. The van der Waals surface area contributed by atoms with Gasteiger partial charge in [-0.25, -0.2) is 0 Å². The molecule has 1 aliphatic heterocycles. The fourth-order valence-corrected chi connectivity index (χ4v) is 2.96. The molecule has 0 spiro atoms. The van der Waals surface area contributed by atoms with Gasteiger partial charge in [0.15, 0.2) is 0 Å². The first-order valence-corrected chi connectivity index (χ1v) is 6.09. The van der Waals surface area contributed by atoms with Crippen LogP contribution in [0.25, 0.3) is 0 Å². The Balaban J connectivity index is 2.20. The Morgan fingerprint density at radius 1 is 1.56 bits per heavy atom. The largest absolute Gasteiger partial charge is 0.508 e. The number of carboxylic acids is 1. The summed E-state index contributed by atoms with van der Waals surface area (Å²) in [6.07, 6.45) is 0.